The average Bonchev–Trinajstić information content (AvgIpc) is 2.95. The van der Waals surface area contributed by atoms with Crippen molar-refractivity contribution in [1.82, 2.24) is 0 Å². The first-order valence-corrected chi connectivity index (χ1v) is 16.8. The van der Waals surface area contributed by atoms with E-state index in [2.05, 4.69) is 50.2 Å². The van der Waals surface area contributed by atoms with Crippen LogP contribution in [-0.4, -0.2) is 11.5 Å². The van der Waals surface area contributed by atoms with Gasteiger partial charge in [0.2, 0.25) is 0 Å². The molecule has 2 heteroatoms. The molecular formula is C36H54OS. The molecule has 0 radical (unpaired) electrons. The predicted molar refractivity (Wildman–Crippen MR) is 171 cm³/mol. The number of rotatable bonds is 23. The topological polar surface area (TPSA) is 17.1 Å². The molecule has 0 saturated carbocycles. The van der Waals surface area contributed by atoms with Gasteiger partial charge < -0.3 is 0 Å². The maximum atomic E-state index is 12.6. The minimum Gasteiger partial charge on any atom is -0.289 e. The predicted octanol–water partition coefficient (Wildman–Crippen LogP) is 11.9. The lowest BCUT2D eigenvalue weighted by molar-refractivity contribution is 0.104. The molecule has 0 aliphatic heterocycles. The molecule has 0 aliphatic carbocycles. The monoisotopic (exact) mass is 534 g/mol. The normalized spacial score (nSPS) is 11.4. The van der Waals surface area contributed by atoms with Crippen LogP contribution in [0.25, 0.3) is 6.08 Å². The number of aryl methyl sites for hydroxylation is 1. The van der Waals surface area contributed by atoms with E-state index in [1.165, 1.54) is 125 Å². The Balaban J connectivity index is 1.53. The molecule has 0 amide bonds. The largest absolute Gasteiger partial charge is 0.289 e. The molecule has 38 heavy (non-hydrogen) atoms. The second-order valence-electron chi connectivity index (χ2n) is 10.9. The molecule has 0 bridgehead atoms. The molecule has 0 saturated heterocycles. The van der Waals surface area contributed by atoms with Gasteiger partial charge >= 0.3 is 0 Å². The summed E-state index contributed by atoms with van der Waals surface area (Å²) >= 11 is 1.95. The lowest BCUT2D eigenvalue weighted by atomic mass is 10.0. The number of benzene rings is 2. The highest BCUT2D eigenvalue weighted by Crippen LogP contribution is 2.21. The van der Waals surface area contributed by atoms with Crippen molar-refractivity contribution < 1.29 is 4.79 Å². The van der Waals surface area contributed by atoms with Gasteiger partial charge in [0, 0.05) is 10.5 Å². The SMILES string of the molecule is CCCCCCCCCCCCCCCSc1ccc(C=CC(=O)c2ccc(CCCCCC)cc2)cc1. The van der Waals surface area contributed by atoms with E-state index in [1.807, 2.05) is 30.0 Å². The van der Waals surface area contributed by atoms with Gasteiger partial charge in [-0.15, -0.1) is 11.8 Å². The fourth-order valence-electron chi connectivity index (χ4n) is 4.84. The van der Waals surface area contributed by atoms with E-state index in [1.54, 1.807) is 6.08 Å². The summed E-state index contributed by atoms with van der Waals surface area (Å²) in [4.78, 5) is 13.9. The number of carbonyl (C=O) groups excluding carboxylic acids is 1. The molecule has 0 N–H and O–H groups in total. The van der Waals surface area contributed by atoms with Gasteiger partial charge in [-0.05, 0) is 54.4 Å². The lowest BCUT2D eigenvalue weighted by Gasteiger charge is -2.04. The fraction of sp³-hybridized carbons (Fsp3) is 0.583. The van der Waals surface area contributed by atoms with Crippen LogP contribution in [-0.2, 0) is 6.42 Å². The Morgan fingerprint density at radius 3 is 1.66 bits per heavy atom. The lowest BCUT2D eigenvalue weighted by Crippen LogP contribution is -1.95. The highest BCUT2D eigenvalue weighted by atomic mass is 32.2. The zero-order valence-electron chi connectivity index (χ0n) is 24.5. The third kappa shape index (κ3) is 15.6. The van der Waals surface area contributed by atoms with Crippen molar-refractivity contribution in [1.29, 1.82) is 0 Å². The smallest absolute Gasteiger partial charge is 0.185 e. The summed E-state index contributed by atoms with van der Waals surface area (Å²) in [5, 5.41) is 0. The van der Waals surface area contributed by atoms with Crippen LogP contribution in [0.1, 0.15) is 144 Å². The third-order valence-electron chi connectivity index (χ3n) is 7.38. The zero-order chi connectivity index (χ0) is 27.1. The minimum atomic E-state index is 0.0726. The summed E-state index contributed by atoms with van der Waals surface area (Å²) in [5.74, 6) is 1.27. The Morgan fingerprint density at radius 2 is 1.11 bits per heavy atom. The Bertz CT molecular complexity index is 865. The Morgan fingerprint density at radius 1 is 0.605 bits per heavy atom. The molecule has 210 valence electrons. The van der Waals surface area contributed by atoms with Gasteiger partial charge in [0.25, 0.3) is 0 Å². The molecule has 0 spiro atoms. The maximum Gasteiger partial charge on any atom is 0.185 e. The van der Waals surface area contributed by atoms with Gasteiger partial charge in [-0.1, -0.05) is 153 Å². The molecule has 2 aromatic rings. The molecule has 1 nitrogen and oxygen atoms in total. The van der Waals surface area contributed by atoms with Crippen LogP contribution < -0.4 is 0 Å². The number of thioether (sulfide) groups is 1. The molecule has 0 atom stereocenters. The summed E-state index contributed by atoms with van der Waals surface area (Å²) in [6.45, 7) is 4.53. The van der Waals surface area contributed by atoms with Crippen molar-refractivity contribution in [3.63, 3.8) is 0 Å². The van der Waals surface area contributed by atoms with Crippen LogP contribution in [0.15, 0.2) is 59.5 Å². The van der Waals surface area contributed by atoms with Crippen LogP contribution in [0.2, 0.25) is 0 Å². The van der Waals surface area contributed by atoms with Crippen molar-refractivity contribution in [2.24, 2.45) is 0 Å². The average molecular weight is 535 g/mol. The van der Waals surface area contributed by atoms with Crippen LogP contribution in [0.4, 0.5) is 0 Å². The molecule has 0 fully saturated rings. The second kappa shape index (κ2) is 22.1. The van der Waals surface area contributed by atoms with E-state index < -0.39 is 0 Å². The first kappa shape index (κ1) is 32.4. The van der Waals surface area contributed by atoms with E-state index in [9.17, 15) is 4.79 Å². The summed E-state index contributed by atoms with van der Waals surface area (Å²) in [7, 11) is 0. The van der Waals surface area contributed by atoms with Crippen LogP contribution >= 0.6 is 11.8 Å². The van der Waals surface area contributed by atoms with Crippen LogP contribution in [0, 0.1) is 0 Å². The molecular weight excluding hydrogens is 480 g/mol. The quantitative estimate of drug-likeness (QED) is 0.0610. The highest BCUT2D eigenvalue weighted by molar-refractivity contribution is 7.99. The van der Waals surface area contributed by atoms with Crippen molar-refractivity contribution in [2.45, 2.75) is 134 Å². The van der Waals surface area contributed by atoms with Crippen molar-refractivity contribution >= 4 is 23.6 Å². The third-order valence-corrected chi connectivity index (χ3v) is 8.48. The second-order valence-corrected chi connectivity index (χ2v) is 12.0. The number of hydrogen-bond donors (Lipinski definition) is 0. The number of hydrogen-bond acceptors (Lipinski definition) is 2. The summed E-state index contributed by atoms with van der Waals surface area (Å²) in [6.07, 6.45) is 28.1. The van der Waals surface area contributed by atoms with Crippen LogP contribution in [0.3, 0.4) is 0 Å². The number of carbonyl (C=O) groups is 1. The molecule has 2 rings (SSSR count). The fourth-order valence-corrected chi connectivity index (χ4v) is 5.76. The van der Waals surface area contributed by atoms with Crippen molar-refractivity contribution in [3.05, 3.63) is 71.3 Å². The Kier molecular flexibility index (Phi) is 18.8. The first-order valence-electron chi connectivity index (χ1n) is 15.8. The van der Waals surface area contributed by atoms with Crippen molar-refractivity contribution in [3.8, 4) is 0 Å². The molecule has 0 aliphatic rings. The van der Waals surface area contributed by atoms with E-state index in [0.29, 0.717) is 0 Å². The maximum absolute atomic E-state index is 12.6. The number of allylic oxidation sites excluding steroid dienone is 1. The van der Waals surface area contributed by atoms with E-state index in [0.717, 1.165) is 17.5 Å². The molecule has 0 heterocycles. The standard InChI is InChI=1S/C36H54OS/c1-3-5-7-9-10-11-12-13-14-15-16-17-19-31-38-35-28-23-33(24-29-35)25-30-36(37)34-26-21-32(22-27-34)20-18-8-6-4-2/h21-30H,3-20,31H2,1-2H3. The summed E-state index contributed by atoms with van der Waals surface area (Å²) in [5.41, 5.74) is 3.17. The molecule has 0 aromatic heterocycles. The zero-order valence-corrected chi connectivity index (χ0v) is 25.3. The number of ketones is 1. The van der Waals surface area contributed by atoms with Gasteiger partial charge in [-0.2, -0.15) is 0 Å². The van der Waals surface area contributed by atoms with Gasteiger partial charge in [-0.3, -0.25) is 4.79 Å². The molecule has 2 aromatic carbocycles. The van der Waals surface area contributed by atoms with Gasteiger partial charge in [0.1, 0.15) is 0 Å². The Labute approximate surface area is 239 Å². The van der Waals surface area contributed by atoms with Gasteiger partial charge in [0.05, 0.1) is 0 Å². The summed E-state index contributed by atoms with van der Waals surface area (Å²) < 4.78 is 0. The first-order chi connectivity index (χ1) is 18.7. The van der Waals surface area contributed by atoms with Gasteiger partial charge in [0.15, 0.2) is 5.78 Å². The van der Waals surface area contributed by atoms with E-state index in [-0.39, 0.29) is 5.78 Å². The molecule has 0 unspecified atom stereocenters. The summed E-state index contributed by atoms with van der Waals surface area (Å²) in [6, 6.07) is 16.8. The van der Waals surface area contributed by atoms with E-state index in [4.69, 9.17) is 0 Å². The highest BCUT2D eigenvalue weighted by Gasteiger charge is 2.03. The van der Waals surface area contributed by atoms with Crippen molar-refractivity contribution in [2.75, 3.05) is 5.75 Å². The van der Waals surface area contributed by atoms with Crippen LogP contribution in [0.5, 0.6) is 0 Å². The minimum absolute atomic E-state index is 0.0726. The number of unbranched alkanes of at least 4 members (excludes halogenated alkanes) is 15. The van der Waals surface area contributed by atoms with E-state index >= 15 is 0 Å². The Hall–Kier alpha value is -1.80. The van der Waals surface area contributed by atoms with Gasteiger partial charge in [-0.25, -0.2) is 0 Å².